The van der Waals surface area contributed by atoms with Gasteiger partial charge in [-0.2, -0.15) is 0 Å². The van der Waals surface area contributed by atoms with Crippen LogP contribution in [0.3, 0.4) is 0 Å². The molecule has 1 saturated heterocycles. The summed E-state index contributed by atoms with van der Waals surface area (Å²) >= 11 is 1.70. The van der Waals surface area contributed by atoms with Crippen molar-refractivity contribution in [3.8, 4) is 0 Å². The molecule has 17 heavy (non-hydrogen) atoms. The van der Waals surface area contributed by atoms with Gasteiger partial charge in [-0.1, -0.05) is 0 Å². The van der Waals surface area contributed by atoms with Crippen LogP contribution in [0.15, 0.2) is 23.1 Å². The van der Waals surface area contributed by atoms with Gasteiger partial charge >= 0.3 is 0 Å². The molecule has 0 radical (unpaired) electrons. The van der Waals surface area contributed by atoms with Crippen LogP contribution in [0.4, 0.5) is 10.1 Å². The molecule has 1 heterocycles. The van der Waals surface area contributed by atoms with E-state index in [2.05, 4.69) is 4.90 Å². The lowest BCUT2D eigenvalue weighted by molar-refractivity contribution is 0.341. The first-order valence-corrected chi connectivity index (χ1v) is 7.14. The van der Waals surface area contributed by atoms with Crippen molar-refractivity contribution in [2.45, 2.75) is 24.2 Å². The van der Waals surface area contributed by atoms with E-state index >= 15 is 0 Å². The third kappa shape index (κ3) is 3.89. The van der Waals surface area contributed by atoms with Crippen LogP contribution in [-0.4, -0.2) is 30.3 Å². The zero-order valence-electron chi connectivity index (χ0n) is 9.99. The second-order valence-electron chi connectivity index (χ2n) is 4.43. The standard InChI is InChI=1S/C13H19FN2S/c14-12-10-11(4-5-13(12)15)17-9-3-8-16-6-1-2-7-16/h4-5,10H,1-3,6-9,15H2. The summed E-state index contributed by atoms with van der Waals surface area (Å²) in [6.45, 7) is 3.67. The van der Waals surface area contributed by atoms with Crippen molar-refractivity contribution in [3.63, 3.8) is 0 Å². The monoisotopic (exact) mass is 254 g/mol. The Morgan fingerprint density at radius 3 is 2.76 bits per heavy atom. The van der Waals surface area contributed by atoms with Gasteiger partial charge in [-0.05, 0) is 62.8 Å². The third-order valence-corrected chi connectivity index (χ3v) is 4.14. The molecule has 0 aromatic heterocycles. The number of rotatable bonds is 5. The van der Waals surface area contributed by atoms with E-state index in [1.165, 1.54) is 38.5 Å². The molecule has 2 rings (SSSR count). The van der Waals surface area contributed by atoms with Gasteiger partial charge in [0.1, 0.15) is 5.82 Å². The second-order valence-corrected chi connectivity index (χ2v) is 5.60. The Labute approximate surface area is 106 Å². The summed E-state index contributed by atoms with van der Waals surface area (Å²) < 4.78 is 13.2. The molecule has 0 spiro atoms. The van der Waals surface area contributed by atoms with Crippen LogP contribution in [0.25, 0.3) is 0 Å². The van der Waals surface area contributed by atoms with Gasteiger partial charge in [0.05, 0.1) is 5.69 Å². The fourth-order valence-electron chi connectivity index (χ4n) is 2.08. The summed E-state index contributed by atoms with van der Waals surface area (Å²) in [4.78, 5) is 3.47. The molecule has 4 heteroatoms. The highest BCUT2D eigenvalue weighted by molar-refractivity contribution is 7.99. The molecule has 1 aliphatic heterocycles. The summed E-state index contributed by atoms with van der Waals surface area (Å²) in [5.74, 6) is 0.731. The average molecular weight is 254 g/mol. The second kappa shape index (κ2) is 6.26. The zero-order valence-corrected chi connectivity index (χ0v) is 10.8. The summed E-state index contributed by atoms with van der Waals surface area (Å²) in [6.07, 6.45) is 3.85. The van der Waals surface area contributed by atoms with E-state index in [1.54, 1.807) is 17.8 Å². The van der Waals surface area contributed by atoms with Crippen molar-refractivity contribution in [2.75, 3.05) is 31.1 Å². The molecule has 0 bridgehead atoms. The van der Waals surface area contributed by atoms with Crippen molar-refractivity contribution in [3.05, 3.63) is 24.0 Å². The number of benzene rings is 1. The normalized spacial score (nSPS) is 16.5. The molecule has 94 valence electrons. The number of anilines is 1. The molecule has 0 unspecified atom stereocenters. The van der Waals surface area contributed by atoms with E-state index in [0.29, 0.717) is 0 Å². The van der Waals surface area contributed by atoms with Gasteiger partial charge in [0.25, 0.3) is 0 Å². The van der Waals surface area contributed by atoms with Gasteiger partial charge < -0.3 is 10.6 Å². The number of halogens is 1. The lowest BCUT2D eigenvalue weighted by Gasteiger charge is -2.13. The van der Waals surface area contributed by atoms with Gasteiger partial charge in [-0.15, -0.1) is 11.8 Å². The maximum absolute atomic E-state index is 13.2. The van der Waals surface area contributed by atoms with Gasteiger partial charge in [0.15, 0.2) is 0 Å². The Balaban J connectivity index is 1.68. The minimum Gasteiger partial charge on any atom is -0.396 e. The van der Waals surface area contributed by atoms with Gasteiger partial charge in [0.2, 0.25) is 0 Å². The molecular weight excluding hydrogens is 235 g/mol. The molecule has 0 aliphatic carbocycles. The molecular formula is C13H19FN2S. The lowest BCUT2D eigenvalue weighted by atomic mass is 10.3. The van der Waals surface area contributed by atoms with Crippen LogP contribution in [-0.2, 0) is 0 Å². The first-order chi connectivity index (χ1) is 8.25. The highest BCUT2D eigenvalue weighted by Gasteiger charge is 2.10. The summed E-state index contributed by atoms with van der Waals surface area (Å²) in [5, 5.41) is 0. The first kappa shape index (κ1) is 12.7. The molecule has 0 atom stereocenters. The van der Waals surface area contributed by atoms with Crippen molar-refractivity contribution < 1.29 is 4.39 Å². The zero-order chi connectivity index (χ0) is 12.1. The van der Waals surface area contributed by atoms with E-state index in [9.17, 15) is 4.39 Å². The van der Waals surface area contributed by atoms with E-state index in [0.717, 1.165) is 17.1 Å². The topological polar surface area (TPSA) is 29.3 Å². The lowest BCUT2D eigenvalue weighted by Crippen LogP contribution is -2.20. The van der Waals surface area contributed by atoms with Crippen LogP contribution in [0.1, 0.15) is 19.3 Å². The number of hydrogen-bond donors (Lipinski definition) is 1. The first-order valence-electron chi connectivity index (χ1n) is 6.16. The van der Waals surface area contributed by atoms with Crippen LogP contribution in [0.2, 0.25) is 0 Å². The van der Waals surface area contributed by atoms with E-state index in [-0.39, 0.29) is 11.5 Å². The fraction of sp³-hybridized carbons (Fsp3) is 0.538. The maximum atomic E-state index is 13.2. The number of nitrogens with zero attached hydrogens (tertiary/aromatic N) is 1. The SMILES string of the molecule is Nc1ccc(SCCCN2CCCC2)cc1F. The number of hydrogen-bond acceptors (Lipinski definition) is 3. The van der Waals surface area contributed by atoms with Gasteiger partial charge in [-0.3, -0.25) is 0 Å². The van der Waals surface area contributed by atoms with E-state index < -0.39 is 0 Å². The van der Waals surface area contributed by atoms with Crippen LogP contribution < -0.4 is 5.73 Å². The van der Waals surface area contributed by atoms with Gasteiger partial charge in [0, 0.05) is 4.90 Å². The fourth-order valence-corrected chi connectivity index (χ4v) is 2.94. The minimum absolute atomic E-state index is 0.228. The molecule has 0 amide bonds. The van der Waals surface area contributed by atoms with Crippen LogP contribution >= 0.6 is 11.8 Å². The van der Waals surface area contributed by atoms with Crippen LogP contribution in [0, 0.1) is 5.82 Å². The molecule has 1 fully saturated rings. The van der Waals surface area contributed by atoms with Crippen molar-refractivity contribution in [1.82, 2.24) is 4.90 Å². The van der Waals surface area contributed by atoms with Gasteiger partial charge in [-0.25, -0.2) is 4.39 Å². The summed E-state index contributed by atoms with van der Waals surface area (Å²) in [7, 11) is 0. The Bertz CT molecular complexity index is 364. The largest absolute Gasteiger partial charge is 0.396 e. The number of nitrogen functional groups attached to an aromatic ring is 1. The Kier molecular flexibility index (Phi) is 4.68. The molecule has 2 nitrogen and oxygen atoms in total. The smallest absolute Gasteiger partial charge is 0.147 e. The minimum atomic E-state index is -0.311. The van der Waals surface area contributed by atoms with Crippen LogP contribution in [0.5, 0.6) is 0 Å². The Morgan fingerprint density at radius 2 is 2.06 bits per heavy atom. The summed E-state index contributed by atoms with van der Waals surface area (Å²) in [5.41, 5.74) is 5.66. The van der Waals surface area contributed by atoms with E-state index in [4.69, 9.17) is 5.73 Å². The third-order valence-electron chi connectivity index (χ3n) is 3.06. The predicted octanol–water partition coefficient (Wildman–Crippen LogP) is 2.99. The van der Waals surface area contributed by atoms with Crippen molar-refractivity contribution >= 4 is 17.4 Å². The molecule has 1 aliphatic rings. The predicted molar refractivity (Wildman–Crippen MR) is 71.8 cm³/mol. The molecule has 2 N–H and O–H groups in total. The number of nitrogens with two attached hydrogens (primary N) is 1. The molecule has 0 saturated carbocycles. The average Bonchev–Trinajstić information content (AvgIpc) is 2.82. The van der Waals surface area contributed by atoms with Crippen molar-refractivity contribution in [2.24, 2.45) is 0 Å². The number of thioether (sulfide) groups is 1. The molecule has 1 aromatic rings. The maximum Gasteiger partial charge on any atom is 0.147 e. The quantitative estimate of drug-likeness (QED) is 0.497. The molecule has 1 aromatic carbocycles. The highest BCUT2D eigenvalue weighted by atomic mass is 32.2. The Morgan fingerprint density at radius 1 is 1.29 bits per heavy atom. The summed E-state index contributed by atoms with van der Waals surface area (Å²) in [6, 6.07) is 5.05. The number of likely N-dealkylation sites (tertiary alicyclic amines) is 1. The van der Waals surface area contributed by atoms with Crippen molar-refractivity contribution in [1.29, 1.82) is 0 Å². The van der Waals surface area contributed by atoms with E-state index in [1.807, 2.05) is 6.07 Å². The highest BCUT2D eigenvalue weighted by Crippen LogP contribution is 2.22. The Hall–Kier alpha value is -0.740.